The van der Waals surface area contributed by atoms with Gasteiger partial charge in [0.15, 0.2) is 0 Å². The molecule has 4 heteroatoms. The summed E-state index contributed by atoms with van der Waals surface area (Å²) in [7, 11) is 0. The fraction of sp³-hybridized carbons (Fsp3) is 0.588. The Balaban J connectivity index is 1.50. The van der Waals surface area contributed by atoms with Gasteiger partial charge in [-0.25, -0.2) is 4.39 Å². The Morgan fingerprint density at radius 1 is 1.38 bits per heavy atom. The summed E-state index contributed by atoms with van der Waals surface area (Å²) in [5.74, 6) is 0.923. The molecule has 1 heterocycles. The SMILES string of the molecule is Cc1ccc([C@H](NC(=O)[C@H]2CC3C[C@H]3N2)C2CC2)c(F)c1. The molecule has 4 rings (SSSR count). The van der Waals surface area contributed by atoms with Gasteiger partial charge in [-0.05, 0) is 56.1 Å². The number of halogens is 1. The molecule has 1 amide bonds. The van der Waals surface area contributed by atoms with Gasteiger partial charge in [-0.1, -0.05) is 12.1 Å². The number of fused-ring (bicyclic) bond motifs is 1. The second-order valence-electron chi connectivity index (χ2n) is 6.91. The van der Waals surface area contributed by atoms with E-state index < -0.39 is 0 Å². The molecule has 3 nitrogen and oxygen atoms in total. The molecule has 0 aromatic heterocycles. The zero-order valence-corrected chi connectivity index (χ0v) is 12.2. The van der Waals surface area contributed by atoms with Crippen molar-refractivity contribution in [1.82, 2.24) is 10.6 Å². The van der Waals surface area contributed by atoms with E-state index in [4.69, 9.17) is 0 Å². The van der Waals surface area contributed by atoms with Crippen LogP contribution in [0, 0.1) is 24.6 Å². The minimum Gasteiger partial charge on any atom is -0.348 e. The molecule has 0 bridgehead atoms. The third-order valence-corrected chi connectivity index (χ3v) is 5.07. The van der Waals surface area contributed by atoms with Crippen LogP contribution in [0.25, 0.3) is 0 Å². The van der Waals surface area contributed by atoms with Gasteiger partial charge in [0, 0.05) is 11.6 Å². The van der Waals surface area contributed by atoms with Crippen molar-refractivity contribution in [3.63, 3.8) is 0 Å². The van der Waals surface area contributed by atoms with Crippen LogP contribution in [0.5, 0.6) is 0 Å². The van der Waals surface area contributed by atoms with Gasteiger partial charge in [-0.2, -0.15) is 0 Å². The Bertz CT molecular complexity index is 574. The Morgan fingerprint density at radius 3 is 2.81 bits per heavy atom. The van der Waals surface area contributed by atoms with Crippen molar-refractivity contribution in [2.24, 2.45) is 11.8 Å². The Morgan fingerprint density at radius 2 is 2.19 bits per heavy atom. The van der Waals surface area contributed by atoms with E-state index in [9.17, 15) is 9.18 Å². The summed E-state index contributed by atoms with van der Waals surface area (Å²) >= 11 is 0. The molecule has 1 unspecified atom stereocenters. The molecule has 2 saturated carbocycles. The largest absolute Gasteiger partial charge is 0.348 e. The number of aryl methyl sites for hydroxylation is 1. The topological polar surface area (TPSA) is 41.1 Å². The quantitative estimate of drug-likeness (QED) is 0.893. The lowest BCUT2D eigenvalue weighted by Crippen LogP contribution is -2.44. The number of rotatable bonds is 4. The molecular formula is C17H21FN2O. The summed E-state index contributed by atoms with van der Waals surface area (Å²) in [6.07, 6.45) is 4.29. The molecule has 2 aliphatic carbocycles. The van der Waals surface area contributed by atoms with Gasteiger partial charge in [0.1, 0.15) is 5.82 Å². The minimum absolute atomic E-state index is 0.0408. The second-order valence-corrected chi connectivity index (χ2v) is 6.91. The first kappa shape index (κ1) is 13.3. The maximum Gasteiger partial charge on any atom is 0.237 e. The van der Waals surface area contributed by atoms with E-state index >= 15 is 0 Å². The number of hydrogen-bond donors (Lipinski definition) is 2. The standard InChI is InChI=1S/C17H21FN2O/c1-9-2-5-12(13(18)6-9)16(10-3-4-10)20-17(21)15-8-11-7-14(11)19-15/h2,5-6,10-11,14-16,19H,3-4,7-8H2,1H3,(H,20,21)/t11?,14-,15-,16-/m1/s1. The lowest BCUT2D eigenvalue weighted by molar-refractivity contribution is -0.124. The van der Waals surface area contributed by atoms with Crippen molar-refractivity contribution in [1.29, 1.82) is 0 Å². The minimum atomic E-state index is -0.200. The monoisotopic (exact) mass is 288 g/mol. The van der Waals surface area contributed by atoms with Gasteiger partial charge < -0.3 is 10.6 Å². The van der Waals surface area contributed by atoms with E-state index in [1.54, 1.807) is 6.07 Å². The molecule has 3 fully saturated rings. The number of carbonyl (C=O) groups excluding carboxylic acids is 1. The Labute approximate surface area is 124 Å². The maximum atomic E-state index is 14.2. The van der Waals surface area contributed by atoms with Gasteiger partial charge >= 0.3 is 0 Å². The van der Waals surface area contributed by atoms with Crippen LogP contribution in [0.1, 0.15) is 42.9 Å². The molecule has 1 aromatic rings. The number of carbonyl (C=O) groups is 1. The molecule has 1 aliphatic heterocycles. The summed E-state index contributed by atoms with van der Waals surface area (Å²) in [6, 6.07) is 5.60. The number of hydrogen-bond acceptors (Lipinski definition) is 2. The normalized spacial score (nSPS) is 31.6. The van der Waals surface area contributed by atoms with Gasteiger partial charge in [0.25, 0.3) is 0 Å². The summed E-state index contributed by atoms with van der Waals surface area (Å²) in [4.78, 5) is 12.4. The molecule has 21 heavy (non-hydrogen) atoms. The van der Waals surface area contributed by atoms with Crippen LogP contribution in [0.2, 0.25) is 0 Å². The highest BCUT2D eigenvalue weighted by Crippen LogP contribution is 2.43. The van der Waals surface area contributed by atoms with Gasteiger partial charge in [-0.15, -0.1) is 0 Å². The third kappa shape index (κ3) is 2.57. The predicted molar refractivity (Wildman–Crippen MR) is 78.2 cm³/mol. The van der Waals surface area contributed by atoms with E-state index in [1.807, 2.05) is 19.1 Å². The van der Waals surface area contributed by atoms with Crippen LogP contribution >= 0.6 is 0 Å². The zero-order chi connectivity index (χ0) is 14.6. The first-order valence-corrected chi connectivity index (χ1v) is 7.94. The highest BCUT2D eigenvalue weighted by Gasteiger charge is 2.48. The van der Waals surface area contributed by atoms with Crippen LogP contribution in [0.15, 0.2) is 18.2 Å². The van der Waals surface area contributed by atoms with Gasteiger partial charge in [0.05, 0.1) is 12.1 Å². The Hall–Kier alpha value is -1.42. The van der Waals surface area contributed by atoms with Crippen molar-refractivity contribution < 1.29 is 9.18 Å². The van der Waals surface area contributed by atoms with Crippen LogP contribution in [0.4, 0.5) is 4.39 Å². The predicted octanol–water partition coefficient (Wildman–Crippen LogP) is 2.45. The maximum absolute atomic E-state index is 14.2. The number of piperidine rings is 1. The first-order chi connectivity index (χ1) is 10.1. The number of benzene rings is 1. The average molecular weight is 288 g/mol. The van der Waals surface area contributed by atoms with Crippen molar-refractivity contribution in [3.05, 3.63) is 35.1 Å². The smallest absolute Gasteiger partial charge is 0.237 e. The third-order valence-electron chi connectivity index (χ3n) is 5.07. The Kier molecular flexibility index (Phi) is 3.03. The highest BCUT2D eigenvalue weighted by atomic mass is 19.1. The molecule has 0 spiro atoms. The van der Waals surface area contributed by atoms with Crippen LogP contribution < -0.4 is 10.6 Å². The summed E-state index contributed by atoms with van der Waals surface area (Å²) in [5, 5.41) is 6.46. The molecule has 112 valence electrons. The van der Waals surface area contributed by atoms with Crippen LogP contribution in [-0.2, 0) is 4.79 Å². The van der Waals surface area contributed by atoms with Crippen LogP contribution in [0.3, 0.4) is 0 Å². The van der Waals surface area contributed by atoms with Crippen LogP contribution in [-0.4, -0.2) is 18.0 Å². The van der Waals surface area contributed by atoms with E-state index in [1.165, 1.54) is 6.42 Å². The van der Waals surface area contributed by atoms with Gasteiger partial charge in [-0.3, -0.25) is 4.79 Å². The highest BCUT2D eigenvalue weighted by molar-refractivity contribution is 5.83. The van der Waals surface area contributed by atoms with Gasteiger partial charge in [0.2, 0.25) is 5.91 Å². The first-order valence-electron chi connectivity index (χ1n) is 7.94. The second kappa shape index (κ2) is 4.80. The average Bonchev–Trinajstić information content (AvgIpc) is 3.36. The molecule has 2 N–H and O–H groups in total. The van der Waals surface area contributed by atoms with E-state index in [-0.39, 0.29) is 23.8 Å². The molecule has 3 aliphatic rings. The summed E-state index contributed by atoms with van der Waals surface area (Å²) in [6.45, 7) is 1.88. The molecular weight excluding hydrogens is 267 g/mol. The molecule has 0 radical (unpaired) electrons. The van der Waals surface area contributed by atoms with Crippen molar-refractivity contribution in [2.45, 2.75) is 50.7 Å². The van der Waals surface area contributed by atoms with Crippen molar-refractivity contribution in [2.75, 3.05) is 0 Å². The molecule has 1 aromatic carbocycles. The summed E-state index contributed by atoms with van der Waals surface area (Å²) in [5.41, 5.74) is 1.55. The van der Waals surface area contributed by atoms with E-state index in [2.05, 4.69) is 10.6 Å². The number of nitrogens with one attached hydrogen (secondary N) is 2. The lowest BCUT2D eigenvalue weighted by Gasteiger charge is -2.22. The number of amides is 1. The van der Waals surface area contributed by atoms with Crippen molar-refractivity contribution >= 4 is 5.91 Å². The fourth-order valence-electron chi connectivity index (χ4n) is 3.54. The zero-order valence-electron chi connectivity index (χ0n) is 12.2. The van der Waals surface area contributed by atoms with E-state index in [0.29, 0.717) is 23.4 Å². The summed E-state index contributed by atoms with van der Waals surface area (Å²) < 4.78 is 14.2. The molecule has 1 saturated heterocycles. The fourth-order valence-corrected chi connectivity index (χ4v) is 3.54. The van der Waals surface area contributed by atoms with Crippen molar-refractivity contribution in [3.8, 4) is 0 Å². The molecule has 4 atom stereocenters. The van der Waals surface area contributed by atoms with E-state index in [0.717, 1.165) is 24.8 Å². The lowest BCUT2D eigenvalue weighted by atomic mass is 9.99.